The van der Waals surface area contributed by atoms with Gasteiger partial charge in [0, 0.05) is 25.0 Å². The van der Waals surface area contributed by atoms with Crippen LogP contribution >= 0.6 is 0 Å². The lowest BCUT2D eigenvalue weighted by molar-refractivity contribution is -0.123. The first-order valence-corrected chi connectivity index (χ1v) is 9.98. The third-order valence-corrected chi connectivity index (χ3v) is 5.11. The fourth-order valence-electron chi connectivity index (χ4n) is 3.52. The first-order chi connectivity index (χ1) is 14.2. The number of benzene rings is 2. The fourth-order valence-corrected chi connectivity index (χ4v) is 3.52. The Bertz CT molecular complexity index is 985. The molecule has 1 N–H and O–H groups in total. The van der Waals surface area contributed by atoms with Crippen molar-refractivity contribution < 1.29 is 13.9 Å². The highest BCUT2D eigenvalue weighted by Crippen LogP contribution is 2.27. The molecular weight excluding hydrogens is 369 g/mol. The van der Waals surface area contributed by atoms with Gasteiger partial charge in [0.25, 0.3) is 5.91 Å². The van der Waals surface area contributed by atoms with Crippen LogP contribution in [0.4, 0.5) is 10.2 Å². The minimum Gasteiger partial charge on any atom is -0.481 e. The second kappa shape index (κ2) is 8.90. The zero-order valence-electron chi connectivity index (χ0n) is 16.2. The van der Waals surface area contributed by atoms with Crippen LogP contribution in [0.15, 0.2) is 54.6 Å². The number of carbonyl (C=O) groups is 1. The largest absolute Gasteiger partial charge is 0.481 e. The number of nitrogens with one attached hydrogen (secondary N) is 1. The van der Waals surface area contributed by atoms with Crippen LogP contribution in [0, 0.1) is 5.82 Å². The van der Waals surface area contributed by atoms with E-state index in [4.69, 9.17) is 9.72 Å². The van der Waals surface area contributed by atoms with E-state index in [0.29, 0.717) is 12.3 Å². The Morgan fingerprint density at radius 3 is 2.62 bits per heavy atom. The molecule has 3 aromatic rings. The molecule has 0 spiro atoms. The number of nitrogens with zero attached hydrogens (tertiary/aromatic N) is 2. The van der Waals surface area contributed by atoms with Gasteiger partial charge in [-0.25, -0.2) is 9.37 Å². The molecule has 2 heterocycles. The second-order valence-corrected chi connectivity index (χ2v) is 7.24. The molecule has 4 rings (SSSR count). The molecule has 0 aliphatic carbocycles. The van der Waals surface area contributed by atoms with Crippen LogP contribution in [0.2, 0.25) is 0 Å². The third kappa shape index (κ3) is 4.83. The molecule has 0 bridgehead atoms. The van der Waals surface area contributed by atoms with Crippen molar-refractivity contribution in [3.8, 4) is 5.75 Å². The van der Waals surface area contributed by atoms with Gasteiger partial charge >= 0.3 is 0 Å². The number of fused-ring (bicyclic) bond motifs is 1. The molecule has 0 saturated carbocycles. The normalized spacial score (nSPS) is 14.0. The number of pyridine rings is 1. The average molecular weight is 393 g/mol. The summed E-state index contributed by atoms with van der Waals surface area (Å²) in [5.74, 6) is 1.02. The van der Waals surface area contributed by atoms with Crippen LogP contribution in [0.25, 0.3) is 10.9 Å². The number of anilines is 1. The van der Waals surface area contributed by atoms with Gasteiger partial charge in [-0.05, 0) is 55.2 Å². The van der Waals surface area contributed by atoms with Crippen molar-refractivity contribution in [3.63, 3.8) is 0 Å². The summed E-state index contributed by atoms with van der Waals surface area (Å²) < 4.78 is 18.7. The van der Waals surface area contributed by atoms with Crippen LogP contribution in [0.3, 0.4) is 0 Å². The topological polar surface area (TPSA) is 54.5 Å². The van der Waals surface area contributed by atoms with E-state index in [-0.39, 0.29) is 18.3 Å². The molecule has 150 valence electrons. The summed E-state index contributed by atoms with van der Waals surface area (Å²) in [6, 6.07) is 15.9. The highest BCUT2D eigenvalue weighted by Gasteiger charge is 2.14. The number of amides is 1. The first-order valence-electron chi connectivity index (χ1n) is 9.98. The Labute approximate surface area is 169 Å². The quantitative estimate of drug-likeness (QED) is 0.686. The molecule has 1 aromatic heterocycles. The van der Waals surface area contributed by atoms with Gasteiger partial charge in [0.05, 0.1) is 0 Å². The summed E-state index contributed by atoms with van der Waals surface area (Å²) in [4.78, 5) is 19.3. The maximum absolute atomic E-state index is 13.0. The summed E-state index contributed by atoms with van der Waals surface area (Å²) in [7, 11) is 0. The van der Waals surface area contributed by atoms with Gasteiger partial charge in [-0.15, -0.1) is 0 Å². The predicted molar refractivity (Wildman–Crippen MR) is 112 cm³/mol. The number of hydrogen-bond donors (Lipinski definition) is 1. The summed E-state index contributed by atoms with van der Waals surface area (Å²) in [6.07, 6.45) is 3.64. The molecule has 29 heavy (non-hydrogen) atoms. The zero-order valence-corrected chi connectivity index (χ0v) is 16.2. The zero-order chi connectivity index (χ0) is 20.1. The first kappa shape index (κ1) is 19.2. The molecule has 1 fully saturated rings. The Balaban J connectivity index is 1.41. The van der Waals surface area contributed by atoms with E-state index in [2.05, 4.69) is 10.2 Å². The lowest BCUT2D eigenvalue weighted by Gasteiger charge is -2.28. The molecule has 0 radical (unpaired) electrons. The average Bonchev–Trinajstić information content (AvgIpc) is 2.77. The summed E-state index contributed by atoms with van der Waals surface area (Å²) in [6.45, 7) is 2.27. The van der Waals surface area contributed by atoms with Gasteiger partial charge in [0.2, 0.25) is 0 Å². The molecule has 0 unspecified atom stereocenters. The summed E-state index contributed by atoms with van der Waals surface area (Å²) in [5, 5.41) is 3.77. The maximum Gasteiger partial charge on any atom is 0.258 e. The fraction of sp³-hybridized carbons (Fsp3) is 0.304. The van der Waals surface area contributed by atoms with Crippen LogP contribution in [0.5, 0.6) is 5.75 Å². The van der Waals surface area contributed by atoms with Crippen LogP contribution in [-0.2, 0) is 11.3 Å². The van der Waals surface area contributed by atoms with Crippen molar-refractivity contribution in [1.82, 2.24) is 10.3 Å². The minimum atomic E-state index is -0.296. The van der Waals surface area contributed by atoms with Crippen LogP contribution in [-0.4, -0.2) is 30.6 Å². The van der Waals surface area contributed by atoms with Gasteiger partial charge in [0.15, 0.2) is 6.61 Å². The van der Waals surface area contributed by atoms with Crippen LogP contribution < -0.4 is 15.0 Å². The Morgan fingerprint density at radius 2 is 1.83 bits per heavy atom. The van der Waals surface area contributed by atoms with Gasteiger partial charge in [-0.2, -0.15) is 0 Å². The molecule has 1 aliphatic heterocycles. The molecule has 1 aliphatic rings. The lowest BCUT2D eigenvalue weighted by Crippen LogP contribution is -2.30. The smallest absolute Gasteiger partial charge is 0.258 e. The number of ether oxygens (including phenoxy) is 1. The molecule has 2 aromatic carbocycles. The lowest BCUT2D eigenvalue weighted by atomic mass is 10.1. The second-order valence-electron chi connectivity index (χ2n) is 7.24. The van der Waals surface area contributed by atoms with Crippen molar-refractivity contribution in [2.24, 2.45) is 0 Å². The number of hydrogen-bond acceptors (Lipinski definition) is 4. The Hall–Kier alpha value is -3.15. The molecule has 1 saturated heterocycles. The van der Waals surface area contributed by atoms with Gasteiger partial charge in [0.1, 0.15) is 22.9 Å². The van der Waals surface area contributed by atoms with E-state index in [1.807, 2.05) is 30.3 Å². The summed E-state index contributed by atoms with van der Waals surface area (Å²) in [5.41, 5.74) is 1.60. The van der Waals surface area contributed by atoms with E-state index in [1.165, 1.54) is 31.4 Å². The number of halogens is 1. The van der Waals surface area contributed by atoms with E-state index in [0.717, 1.165) is 35.4 Å². The number of piperidine rings is 1. The van der Waals surface area contributed by atoms with Crippen molar-refractivity contribution >= 4 is 22.6 Å². The predicted octanol–water partition coefficient (Wildman–Crippen LogP) is 4.06. The molecule has 5 nitrogen and oxygen atoms in total. The molecular formula is C23H24FN3O2. The van der Waals surface area contributed by atoms with Crippen molar-refractivity contribution in [2.45, 2.75) is 25.8 Å². The summed E-state index contributed by atoms with van der Waals surface area (Å²) >= 11 is 0. The van der Waals surface area contributed by atoms with Gasteiger partial charge < -0.3 is 15.0 Å². The standard InChI is InChI=1S/C23H24FN3O2/c24-19-10-7-17(8-11-19)15-25-22(28)16-29-20-6-4-5-18-9-12-21(26-23(18)20)27-13-2-1-3-14-27/h4-12H,1-3,13-16H2,(H,25,28). The van der Waals surface area contributed by atoms with E-state index in [9.17, 15) is 9.18 Å². The molecule has 6 heteroatoms. The Morgan fingerprint density at radius 1 is 1.03 bits per heavy atom. The number of carbonyl (C=O) groups excluding carboxylic acids is 1. The Kier molecular flexibility index (Phi) is 5.89. The molecule has 1 amide bonds. The van der Waals surface area contributed by atoms with E-state index < -0.39 is 0 Å². The van der Waals surface area contributed by atoms with Gasteiger partial charge in [-0.3, -0.25) is 4.79 Å². The third-order valence-electron chi connectivity index (χ3n) is 5.11. The molecule has 0 atom stereocenters. The number of rotatable bonds is 6. The van der Waals surface area contributed by atoms with E-state index in [1.54, 1.807) is 12.1 Å². The van der Waals surface area contributed by atoms with Crippen molar-refractivity contribution in [1.29, 1.82) is 0 Å². The maximum atomic E-state index is 13.0. The van der Waals surface area contributed by atoms with Crippen molar-refractivity contribution in [3.05, 3.63) is 66.0 Å². The van der Waals surface area contributed by atoms with Crippen molar-refractivity contribution in [2.75, 3.05) is 24.6 Å². The highest BCUT2D eigenvalue weighted by molar-refractivity contribution is 5.86. The van der Waals surface area contributed by atoms with Crippen LogP contribution in [0.1, 0.15) is 24.8 Å². The number of para-hydroxylation sites is 1. The van der Waals surface area contributed by atoms with E-state index >= 15 is 0 Å². The SMILES string of the molecule is O=C(COc1cccc2ccc(N3CCCCC3)nc12)NCc1ccc(F)cc1. The number of aromatic nitrogens is 1. The monoisotopic (exact) mass is 393 g/mol. The highest BCUT2D eigenvalue weighted by atomic mass is 19.1. The van der Waals surface area contributed by atoms with Gasteiger partial charge in [-0.1, -0.05) is 24.3 Å². The minimum absolute atomic E-state index is 0.101.